The molecular formula is C9H12NP. The van der Waals surface area contributed by atoms with Gasteiger partial charge in [0, 0.05) is 12.8 Å². The minimum atomic E-state index is 0.948. The fourth-order valence-corrected chi connectivity index (χ4v) is 1.15. The summed E-state index contributed by atoms with van der Waals surface area (Å²) < 4.78 is 0. The number of hydrogen-bond acceptors (Lipinski definition) is 1. The molecule has 1 rings (SSSR count). The maximum absolute atomic E-state index is 3.73. The Morgan fingerprint density at radius 2 is 2.00 bits per heavy atom. The predicted molar refractivity (Wildman–Crippen MR) is 52.2 cm³/mol. The van der Waals surface area contributed by atoms with Crippen molar-refractivity contribution in [3.05, 3.63) is 35.9 Å². The van der Waals surface area contributed by atoms with Crippen LogP contribution in [0.1, 0.15) is 5.56 Å². The van der Waals surface area contributed by atoms with Crippen LogP contribution >= 0.6 is 8.20 Å². The summed E-state index contributed by atoms with van der Waals surface area (Å²) in [6.45, 7) is 0.948. The van der Waals surface area contributed by atoms with E-state index >= 15 is 0 Å². The van der Waals surface area contributed by atoms with Crippen molar-refractivity contribution in [3.63, 3.8) is 0 Å². The van der Waals surface area contributed by atoms with E-state index in [1.807, 2.05) is 6.07 Å². The Balaban J connectivity index is 2.33. The van der Waals surface area contributed by atoms with E-state index in [4.69, 9.17) is 0 Å². The van der Waals surface area contributed by atoms with Gasteiger partial charge < -0.3 is 5.32 Å². The minimum absolute atomic E-state index is 0.948. The molecule has 0 saturated carbocycles. The van der Waals surface area contributed by atoms with Crippen LogP contribution in [0.3, 0.4) is 0 Å². The van der Waals surface area contributed by atoms with Crippen LogP contribution in [0.5, 0.6) is 0 Å². The Morgan fingerprint density at radius 3 is 2.64 bits per heavy atom. The van der Waals surface area contributed by atoms with Crippen molar-refractivity contribution in [3.8, 4) is 0 Å². The molecule has 0 spiro atoms. The Morgan fingerprint density at radius 1 is 1.27 bits per heavy atom. The number of benzene rings is 1. The van der Waals surface area contributed by atoms with Crippen LogP contribution < -0.4 is 5.32 Å². The number of rotatable bonds is 4. The molecule has 0 aliphatic carbocycles. The average Bonchev–Trinajstić information content (AvgIpc) is 2.07. The van der Waals surface area contributed by atoms with E-state index in [1.54, 1.807) is 0 Å². The first-order valence-corrected chi connectivity index (χ1v) is 4.87. The molecule has 0 saturated heterocycles. The first-order chi connectivity index (χ1) is 5.43. The fraction of sp³-hybridized carbons (Fsp3) is 0.222. The van der Waals surface area contributed by atoms with Crippen LogP contribution in [-0.2, 0) is 6.54 Å². The van der Waals surface area contributed by atoms with Gasteiger partial charge in [0.2, 0.25) is 0 Å². The van der Waals surface area contributed by atoms with E-state index in [0.717, 1.165) is 21.0 Å². The SMILES string of the molecule is C=PCNCc1ccccc1. The van der Waals surface area contributed by atoms with Gasteiger partial charge in [0.05, 0.1) is 0 Å². The molecule has 0 heterocycles. The van der Waals surface area contributed by atoms with E-state index in [1.165, 1.54) is 5.56 Å². The summed E-state index contributed by atoms with van der Waals surface area (Å²) >= 11 is 0. The Kier molecular flexibility index (Phi) is 3.89. The molecule has 58 valence electrons. The number of hydrogen-bond donors (Lipinski definition) is 1. The van der Waals surface area contributed by atoms with Crippen molar-refractivity contribution in [2.75, 3.05) is 6.29 Å². The van der Waals surface area contributed by atoms with Gasteiger partial charge in [-0.1, -0.05) is 44.8 Å². The molecule has 11 heavy (non-hydrogen) atoms. The Bertz CT molecular complexity index is 208. The summed E-state index contributed by atoms with van der Waals surface area (Å²) in [5.41, 5.74) is 1.33. The highest BCUT2D eigenvalue weighted by Crippen LogP contribution is 1.97. The molecule has 0 radical (unpaired) electrons. The molecular weight excluding hydrogens is 153 g/mol. The Hall–Kier alpha value is -0.650. The van der Waals surface area contributed by atoms with E-state index in [-0.39, 0.29) is 0 Å². The summed E-state index contributed by atoms with van der Waals surface area (Å²) in [6.07, 6.45) is 4.69. The largest absolute Gasteiger partial charge is 0.305 e. The van der Waals surface area contributed by atoms with Crippen LogP contribution in [0.4, 0.5) is 0 Å². The third kappa shape index (κ3) is 3.31. The molecule has 0 aliphatic heterocycles. The highest BCUT2D eigenvalue weighted by Gasteiger charge is 1.86. The lowest BCUT2D eigenvalue weighted by molar-refractivity contribution is 0.796. The lowest BCUT2D eigenvalue weighted by Gasteiger charge is -1.99. The maximum atomic E-state index is 3.73. The Labute approximate surface area is 69.2 Å². The topological polar surface area (TPSA) is 12.0 Å². The van der Waals surface area contributed by atoms with E-state index in [0.29, 0.717) is 0 Å². The van der Waals surface area contributed by atoms with Crippen molar-refractivity contribution < 1.29 is 0 Å². The quantitative estimate of drug-likeness (QED) is 0.532. The minimum Gasteiger partial charge on any atom is -0.305 e. The van der Waals surface area contributed by atoms with E-state index < -0.39 is 0 Å². The number of nitrogens with one attached hydrogen (secondary N) is 1. The van der Waals surface area contributed by atoms with Gasteiger partial charge in [0.15, 0.2) is 0 Å². The molecule has 0 fully saturated rings. The van der Waals surface area contributed by atoms with Crippen molar-refractivity contribution in [1.82, 2.24) is 5.32 Å². The van der Waals surface area contributed by atoms with Gasteiger partial charge in [-0.25, -0.2) is 0 Å². The lowest BCUT2D eigenvalue weighted by atomic mass is 10.2. The van der Waals surface area contributed by atoms with Crippen LogP contribution in [0.2, 0.25) is 0 Å². The van der Waals surface area contributed by atoms with Crippen molar-refractivity contribution in [1.29, 1.82) is 0 Å². The highest BCUT2D eigenvalue weighted by molar-refractivity contribution is 7.36. The molecule has 0 unspecified atom stereocenters. The summed E-state index contributed by atoms with van der Waals surface area (Å²) in [4.78, 5) is 0. The average molecular weight is 165 g/mol. The zero-order valence-electron chi connectivity index (χ0n) is 6.46. The molecule has 2 heteroatoms. The summed E-state index contributed by atoms with van der Waals surface area (Å²) in [7, 11) is 1.15. The molecule has 0 aliphatic rings. The van der Waals surface area contributed by atoms with Gasteiger partial charge in [-0.2, -0.15) is 0 Å². The zero-order chi connectivity index (χ0) is 7.94. The van der Waals surface area contributed by atoms with Gasteiger partial charge in [-0.3, -0.25) is 0 Å². The molecule has 1 nitrogen and oxygen atoms in total. The summed E-state index contributed by atoms with van der Waals surface area (Å²) in [5.74, 6) is 0. The van der Waals surface area contributed by atoms with Gasteiger partial charge in [-0.05, 0) is 5.56 Å². The third-order valence-corrected chi connectivity index (χ3v) is 1.84. The van der Waals surface area contributed by atoms with Gasteiger partial charge in [0.1, 0.15) is 0 Å². The molecule has 0 aromatic heterocycles. The van der Waals surface area contributed by atoms with Crippen molar-refractivity contribution >= 4 is 14.5 Å². The smallest absolute Gasteiger partial charge is 0.0374 e. The standard InChI is InChI=1S/C9H12NP/c1-11-8-10-7-9-5-3-2-4-6-9/h2-6,10H,1,7-8H2. The van der Waals surface area contributed by atoms with Crippen LogP contribution in [0.15, 0.2) is 30.3 Å². The van der Waals surface area contributed by atoms with Gasteiger partial charge in [0.25, 0.3) is 0 Å². The monoisotopic (exact) mass is 165 g/mol. The van der Waals surface area contributed by atoms with E-state index in [9.17, 15) is 0 Å². The third-order valence-electron chi connectivity index (χ3n) is 1.40. The van der Waals surface area contributed by atoms with Gasteiger partial charge >= 0.3 is 0 Å². The summed E-state index contributed by atoms with van der Waals surface area (Å²) in [5, 5.41) is 3.28. The van der Waals surface area contributed by atoms with Gasteiger partial charge in [-0.15, -0.1) is 0 Å². The zero-order valence-corrected chi connectivity index (χ0v) is 7.35. The first-order valence-electron chi connectivity index (χ1n) is 3.60. The fourth-order valence-electron chi connectivity index (χ4n) is 0.875. The molecule has 0 amide bonds. The second-order valence-electron chi connectivity index (χ2n) is 2.29. The molecule has 0 atom stereocenters. The van der Waals surface area contributed by atoms with Crippen LogP contribution in [0.25, 0.3) is 0 Å². The first kappa shape index (κ1) is 8.45. The summed E-state index contributed by atoms with van der Waals surface area (Å²) in [6, 6.07) is 10.4. The lowest BCUT2D eigenvalue weighted by Crippen LogP contribution is -2.09. The highest BCUT2D eigenvalue weighted by atomic mass is 31.1. The van der Waals surface area contributed by atoms with E-state index in [2.05, 4.69) is 35.9 Å². The normalized spacial score (nSPS) is 10.2. The molecule has 1 aromatic carbocycles. The second-order valence-corrected chi connectivity index (χ2v) is 3.06. The maximum Gasteiger partial charge on any atom is 0.0374 e. The van der Waals surface area contributed by atoms with Crippen LogP contribution in [-0.4, -0.2) is 12.6 Å². The predicted octanol–water partition coefficient (Wildman–Crippen LogP) is 2.11. The molecule has 0 bridgehead atoms. The molecule has 1 N–H and O–H groups in total. The second kappa shape index (κ2) is 5.06. The van der Waals surface area contributed by atoms with Crippen molar-refractivity contribution in [2.24, 2.45) is 0 Å². The van der Waals surface area contributed by atoms with Crippen LogP contribution in [0, 0.1) is 0 Å². The molecule has 1 aromatic rings. The van der Waals surface area contributed by atoms with Crippen molar-refractivity contribution in [2.45, 2.75) is 6.54 Å².